The van der Waals surface area contributed by atoms with Crippen molar-refractivity contribution in [2.45, 2.75) is 52.6 Å². The summed E-state index contributed by atoms with van der Waals surface area (Å²) in [5.41, 5.74) is 0.694. The van der Waals surface area contributed by atoms with Crippen LogP contribution in [0, 0.1) is 0 Å². The van der Waals surface area contributed by atoms with Gasteiger partial charge in [-0.15, -0.1) is 0 Å². The van der Waals surface area contributed by atoms with E-state index in [0.29, 0.717) is 5.56 Å². The highest BCUT2D eigenvalue weighted by molar-refractivity contribution is 5.95. The largest absolute Gasteiger partial charge is 0.497 e. The van der Waals surface area contributed by atoms with Crippen molar-refractivity contribution < 1.29 is 9.53 Å². The molecule has 0 N–H and O–H groups in total. The lowest BCUT2D eigenvalue weighted by atomic mass is 10.1. The zero-order chi connectivity index (χ0) is 14.4. The topological polar surface area (TPSA) is 29.5 Å². The third-order valence-electron chi connectivity index (χ3n) is 3.68. The maximum Gasteiger partial charge on any atom is 0.254 e. The molecule has 0 saturated heterocycles. The Balaban J connectivity index is 3.04. The Kier molecular flexibility index (Phi) is 5.87. The van der Waals surface area contributed by atoms with Gasteiger partial charge in [-0.3, -0.25) is 4.79 Å². The van der Waals surface area contributed by atoms with Crippen molar-refractivity contribution in [1.82, 2.24) is 4.90 Å². The van der Waals surface area contributed by atoms with Crippen molar-refractivity contribution in [3.63, 3.8) is 0 Å². The molecule has 3 heteroatoms. The summed E-state index contributed by atoms with van der Waals surface area (Å²) in [5, 5.41) is 0. The van der Waals surface area contributed by atoms with Crippen LogP contribution in [0.2, 0.25) is 0 Å². The fourth-order valence-corrected chi connectivity index (χ4v) is 2.13. The van der Waals surface area contributed by atoms with Crippen molar-refractivity contribution in [3.8, 4) is 5.75 Å². The Labute approximate surface area is 116 Å². The van der Waals surface area contributed by atoms with Gasteiger partial charge in [-0.25, -0.2) is 0 Å². The molecule has 0 bridgehead atoms. The van der Waals surface area contributed by atoms with Gasteiger partial charge in [0.05, 0.1) is 7.11 Å². The zero-order valence-electron chi connectivity index (χ0n) is 12.6. The van der Waals surface area contributed by atoms with Gasteiger partial charge in [-0.05, 0) is 44.9 Å². The lowest BCUT2D eigenvalue weighted by molar-refractivity contribution is 0.0598. The third-order valence-corrected chi connectivity index (χ3v) is 3.68. The minimum absolute atomic E-state index is 0.0857. The first-order chi connectivity index (χ1) is 9.04. The number of amides is 1. The van der Waals surface area contributed by atoms with Crippen LogP contribution >= 0.6 is 0 Å². The zero-order valence-corrected chi connectivity index (χ0v) is 12.6. The molecule has 0 radical (unpaired) electrons. The molecule has 0 heterocycles. The van der Waals surface area contributed by atoms with E-state index in [0.717, 1.165) is 18.6 Å². The molecule has 1 amide bonds. The predicted molar refractivity (Wildman–Crippen MR) is 78.7 cm³/mol. The van der Waals surface area contributed by atoms with Gasteiger partial charge >= 0.3 is 0 Å². The lowest BCUT2D eigenvalue weighted by Crippen LogP contribution is -2.44. The molecular formula is C16H25NO2. The summed E-state index contributed by atoms with van der Waals surface area (Å²) in [6, 6.07) is 7.86. The molecule has 0 aliphatic rings. The Bertz CT molecular complexity index is 407. The molecule has 0 unspecified atom stereocenters. The van der Waals surface area contributed by atoms with E-state index in [1.54, 1.807) is 13.2 Å². The van der Waals surface area contributed by atoms with Crippen molar-refractivity contribution in [2.75, 3.05) is 7.11 Å². The van der Waals surface area contributed by atoms with Crippen molar-refractivity contribution in [1.29, 1.82) is 0 Å². The molecule has 3 nitrogen and oxygen atoms in total. The Morgan fingerprint density at radius 3 is 2.26 bits per heavy atom. The molecule has 0 fully saturated rings. The van der Waals surface area contributed by atoms with E-state index >= 15 is 0 Å². The predicted octanol–water partition coefficient (Wildman–Crippen LogP) is 3.73. The van der Waals surface area contributed by atoms with E-state index in [9.17, 15) is 4.79 Å². The van der Waals surface area contributed by atoms with E-state index in [4.69, 9.17) is 4.74 Å². The molecular weight excluding hydrogens is 238 g/mol. The first kappa shape index (κ1) is 15.5. The molecule has 0 saturated carbocycles. The van der Waals surface area contributed by atoms with Gasteiger partial charge in [0.1, 0.15) is 5.75 Å². The maximum absolute atomic E-state index is 12.7. The van der Waals surface area contributed by atoms with Crippen LogP contribution < -0.4 is 4.74 Å². The normalized spacial score (nSPS) is 13.7. The van der Waals surface area contributed by atoms with E-state index in [1.807, 2.05) is 23.1 Å². The quantitative estimate of drug-likeness (QED) is 0.782. The second-order valence-electron chi connectivity index (χ2n) is 4.96. The molecule has 1 aromatic rings. The summed E-state index contributed by atoms with van der Waals surface area (Å²) in [5.74, 6) is 0.807. The summed E-state index contributed by atoms with van der Waals surface area (Å²) in [6.07, 6.45) is 1.92. The van der Waals surface area contributed by atoms with Gasteiger partial charge in [-0.2, -0.15) is 0 Å². The molecule has 2 atom stereocenters. The van der Waals surface area contributed by atoms with Crippen LogP contribution in [0.25, 0.3) is 0 Å². The van der Waals surface area contributed by atoms with Gasteiger partial charge in [0.15, 0.2) is 0 Å². The molecule has 1 aromatic carbocycles. The standard InChI is InChI=1S/C16H25NO2/c1-6-12(3)17(13(4)7-2)16(18)14-9-8-10-15(11-14)19-5/h8-13H,6-7H2,1-5H3/t12-,13-/m0/s1. The molecule has 19 heavy (non-hydrogen) atoms. The Morgan fingerprint density at radius 1 is 1.21 bits per heavy atom. The molecule has 106 valence electrons. The van der Waals surface area contributed by atoms with E-state index in [1.165, 1.54) is 0 Å². The fraction of sp³-hybridized carbons (Fsp3) is 0.562. The van der Waals surface area contributed by atoms with E-state index < -0.39 is 0 Å². The minimum atomic E-state index is 0.0857. The number of rotatable bonds is 6. The second-order valence-corrected chi connectivity index (χ2v) is 4.96. The molecule has 0 aliphatic carbocycles. The smallest absolute Gasteiger partial charge is 0.254 e. The molecule has 0 spiro atoms. The monoisotopic (exact) mass is 263 g/mol. The number of carbonyl (C=O) groups is 1. The van der Waals surface area contributed by atoms with Crippen LogP contribution in [0.4, 0.5) is 0 Å². The third kappa shape index (κ3) is 3.72. The molecule has 0 aromatic heterocycles. The highest BCUT2D eigenvalue weighted by atomic mass is 16.5. The van der Waals surface area contributed by atoms with E-state index in [-0.39, 0.29) is 18.0 Å². The number of hydrogen-bond donors (Lipinski definition) is 0. The number of benzene rings is 1. The summed E-state index contributed by atoms with van der Waals surface area (Å²) in [7, 11) is 1.62. The van der Waals surface area contributed by atoms with Crippen molar-refractivity contribution in [2.24, 2.45) is 0 Å². The first-order valence-electron chi connectivity index (χ1n) is 7.01. The molecule has 0 aliphatic heterocycles. The SMILES string of the molecule is CC[C@H](C)N(C(=O)c1cccc(OC)c1)[C@@H](C)CC. The number of methoxy groups -OCH3 is 1. The molecule has 1 rings (SSSR count). The number of carbonyl (C=O) groups excluding carboxylic acids is 1. The van der Waals surface area contributed by atoms with Crippen LogP contribution in [0.5, 0.6) is 5.75 Å². The summed E-state index contributed by atoms with van der Waals surface area (Å²) < 4.78 is 5.19. The number of hydrogen-bond acceptors (Lipinski definition) is 2. The second kappa shape index (κ2) is 7.17. The Morgan fingerprint density at radius 2 is 1.79 bits per heavy atom. The van der Waals surface area contributed by atoms with Crippen molar-refractivity contribution in [3.05, 3.63) is 29.8 Å². The number of nitrogens with zero attached hydrogens (tertiary/aromatic N) is 1. The van der Waals surface area contributed by atoms with Crippen LogP contribution in [0.1, 0.15) is 50.9 Å². The van der Waals surface area contributed by atoms with Gasteiger partial charge < -0.3 is 9.64 Å². The summed E-state index contributed by atoms with van der Waals surface area (Å²) in [6.45, 7) is 8.42. The fourth-order valence-electron chi connectivity index (χ4n) is 2.13. The van der Waals surface area contributed by atoms with Crippen LogP contribution in [-0.4, -0.2) is 30.0 Å². The van der Waals surface area contributed by atoms with Gasteiger partial charge in [-0.1, -0.05) is 19.9 Å². The minimum Gasteiger partial charge on any atom is -0.497 e. The van der Waals surface area contributed by atoms with Crippen LogP contribution in [0.3, 0.4) is 0 Å². The Hall–Kier alpha value is -1.51. The summed E-state index contributed by atoms with van der Waals surface area (Å²) >= 11 is 0. The first-order valence-corrected chi connectivity index (χ1v) is 7.01. The number of ether oxygens (including phenoxy) is 1. The highest BCUT2D eigenvalue weighted by Crippen LogP contribution is 2.19. The van der Waals surface area contributed by atoms with Gasteiger partial charge in [0.25, 0.3) is 5.91 Å². The average molecular weight is 263 g/mol. The van der Waals surface area contributed by atoms with Crippen molar-refractivity contribution >= 4 is 5.91 Å². The highest BCUT2D eigenvalue weighted by Gasteiger charge is 2.24. The van der Waals surface area contributed by atoms with Crippen LogP contribution in [0.15, 0.2) is 24.3 Å². The maximum atomic E-state index is 12.7. The van der Waals surface area contributed by atoms with Gasteiger partial charge in [0.2, 0.25) is 0 Å². The summed E-state index contributed by atoms with van der Waals surface area (Å²) in [4.78, 5) is 14.7. The average Bonchev–Trinajstić information content (AvgIpc) is 2.46. The lowest BCUT2D eigenvalue weighted by Gasteiger charge is -2.34. The van der Waals surface area contributed by atoms with Gasteiger partial charge in [0, 0.05) is 17.6 Å². The van der Waals surface area contributed by atoms with Crippen LogP contribution in [-0.2, 0) is 0 Å². The van der Waals surface area contributed by atoms with E-state index in [2.05, 4.69) is 27.7 Å².